The fourth-order valence-electron chi connectivity index (χ4n) is 2.10. The van der Waals surface area contributed by atoms with E-state index in [-0.39, 0.29) is 5.97 Å². The second-order valence-corrected chi connectivity index (χ2v) is 5.79. The van der Waals surface area contributed by atoms with Crippen molar-refractivity contribution in [1.29, 1.82) is 0 Å². The number of esters is 1. The molecule has 0 aliphatic rings. The van der Waals surface area contributed by atoms with E-state index in [0.29, 0.717) is 6.61 Å². The van der Waals surface area contributed by atoms with Gasteiger partial charge in [0, 0.05) is 6.08 Å². The minimum atomic E-state index is -0.231. The molecule has 2 nitrogen and oxygen atoms in total. The van der Waals surface area contributed by atoms with Crippen molar-refractivity contribution in [2.75, 3.05) is 6.61 Å². The Morgan fingerprint density at radius 1 is 1.00 bits per heavy atom. The lowest BCUT2D eigenvalue weighted by atomic mass is 10.0. The summed E-state index contributed by atoms with van der Waals surface area (Å²) in [5.41, 5.74) is 3.93. The minimum absolute atomic E-state index is 0.231. The van der Waals surface area contributed by atoms with E-state index >= 15 is 0 Å². The van der Waals surface area contributed by atoms with Gasteiger partial charge in [-0.25, -0.2) is 4.79 Å². The second-order valence-electron chi connectivity index (χ2n) is 5.79. The predicted molar refractivity (Wildman–Crippen MR) is 95.8 cm³/mol. The number of carbonyl (C=O) groups is 1. The van der Waals surface area contributed by atoms with Crippen molar-refractivity contribution in [2.24, 2.45) is 0 Å². The quantitative estimate of drug-likeness (QED) is 0.269. The number of carbonyl (C=O) groups excluding carboxylic acids is 1. The lowest BCUT2D eigenvalue weighted by molar-refractivity contribution is -0.137. The number of hydrogen-bond donors (Lipinski definition) is 0. The van der Waals surface area contributed by atoms with Crippen molar-refractivity contribution in [2.45, 2.75) is 66.2 Å². The highest BCUT2D eigenvalue weighted by Gasteiger charge is 2.02. The normalized spacial score (nSPS) is 12.0. The lowest BCUT2D eigenvalue weighted by Crippen LogP contribution is -2.01. The maximum absolute atomic E-state index is 11.6. The molecule has 0 aromatic heterocycles. The van der Waals surface area contributed by atoms with Crippen LogP contribution in [-0.2, 0) is 9.53 Å². The first-order chi connectivity index (χ1) is 10.5. The van der Waals surface area contributed by atoms with Gasteiger partial charge in [-0.2, -0.15) is 0 Å². The molecule has 0 bridgehead atoms. The average Bonchev–Trinajstić information content (AvgIpc) is 2.44. The average molecular weight is 304 g/mol. The van der Waals surface area contributed by atoms with Crippen LogP contribution in [0.4, 0.5) is 0 Å². The Bertz CT molecular complexity index is 421. The van der Waals surface area contributed by atoms with Gasteiger partial charge in [0.25, 0.3) is 0 Å². The largest absolute Gasteiger partial charge is 0.463 e. The summed E-state index contributed by atoms with van der Waals surface area (Å²) < 4.78 is 4.99. The first kappa shape index (κ1) is 20.4. The van der Waals surface area contributed by atoms with Crippen LogP contribution in [0.3, 0.4) is 0 Å². The number of allylic oxidation sites excluding steroid dienone is 6. The van der Waals surface area contributed by atoms with Gasteiger partial charge in [0.15, 0.2) is 0 Å². The van der Waals surface area contributed by atoms with Crippen molar-refractivity contribution in [1.82, 2.24) is 0 Å². The number of ether oxygens (including phenoxy) is 1. The zero-order valence-corrected chi connectivity index (χ0v) is 14.8. The summed E-state index contributed by atoms with van der Waals surface area (Å²) >= 11 is 0. The summed E-state index contributed by atoms with van der Waals surface area (Å²) in [6.07, 6.45) is 14.0. The molecule has 0 rings (SSSR count). The molecule has 0 N–H and O–H groups in total. The monoisotopic (exact) mass is 304 g/mol. The highest BCUT2D eigenvalue weighted by molar-refractivity contribution is 5.82. The van der Waals surface area contributed by atoms with E-state index < -0.39 is 0 Å². The molecule has 0 aliphatic heterocycles. The smallest absolute Gasteiger partial charge is 0.330 e. The van der Waals surface area contributed by atoms with Crippen molar-refractivity contribution in [3.05, 3.63) is 47.6 Å². The van der Waals surface area contributed by atoms with E-state index in [9.17, 15) is 4.79 Å². The third kappa shape index (κ3) is 12.2. The summed E-state index contributed by atoms with van der Waals surface area (Å²) in [6, 6.07) is 0. The van der Waals surface area contributed by atoms with Crippen molar-refractivity contribution in [3.63, 3.8) is 0 Å². The van der Waals surface area contributed by atoms with Gasteiger partial charge in [0.2, 0.25) is 0 Å². The third-order valence-electron chi connectivity index (χ3n) is 3.33. The Kier molecular flexibility index (Phi) is 12.2. The topological polar surface area (TPSA) is 26.3 Å². The van der Waals surface area contributed by atoms with Crippen LogP contribution >= 0.6 is 0 Å². The molecule has 0 spiro atoms. The van der Waals surface area contributed by atoms with Crippen LogP contribution in [0.2, 0.25) is 0 Å². The molecule has 124 valence electrons. The van der Waals surface area contributed by atoms with E-state index in [4.69, 9.17) is 4.74 Å². The first-order valence-corrected chi connectivity index (χ1v) is 8.25. The summed E-state index contributed by atoms with van der Waals surface area (Å²) in [5, 5.41) is 0. The molecule has 0 aromatic rings. The fourth-order valence-corrected chi connectivity index (χ4v) is 2.10. The highest BCUT2D eigenvalue weighted by atomic mass is 16.5. The molecule has 0 radical (unpaired) electrons. The van der Waals surface area contributed by atoms with Crippen molar-refractivity contribution in [3.8, 4) is 0 Å². The van der Waals surface area contributed by atoms with Crippen LogP contribution in [0.5, 0.6) is 0 Å². The molecular formula is C20H32O2. The van der Waals surface area contributed by atoms with Crippen molar-refractivity contribution < 1.29 is 9.53 Å². The first-order valence-electron chi connectivity index (χ1n) is 8.25. The van der Waals surface area contributed by atoms with E-state index in [2.05, 4.69) is 39.5 Å². The summed E-state index contributed by atoms with van der Waals surface area (Å²) in [4.78, 5) is 11.6. The molecule has 0 fully saturated rings. The lowest BCUT2D eigenvalue weighted by Gasteiger charge is -2.06. The molecule has 0 heterocycles. The summed E-state index contributed by atoms with van der Waals surface area (Å²) in [7, 11) is 0. The molecule has 0 saturated carbocycles. The Morgan fingerprint density at radius 2 is 1.64 bits per heavy atom. The van der Waals surface area contributed by atoms with E-state index in [1.54, 1.807) is 6.08 Å². The molecule has 0 atom stereocenters. The van der Waals surface area contributed by atoms with E-state index in [1.165, 1.54) is 11.1 Å². The maximum atomic E-state index is 11.6. The zero-order valence-electron chi connectivity index (χ0n) is 14.8. The highest BCUT2D eigenvalue weighted by Crippen LogP contribution is 2.16. The van der Waals surface area contributed by atoms with Crippen molar-refractivity contribution >= 4 is 5.97 Å². The molecule has 22 heavy (non-hydrogen) atoms. The molecule has 0 aromatic carbocycles. The van der Waals surface area contributed by atoms with Crippen LogP contribution in [-0.4, -0.2) is 12.6 Å². The Morgan fingerprint density at radius 3 is 2.23 bits per heavy atom. The molecule has 2 heteroatoms. The molecule has 0 aliphatic carbocycles. The van der Waals surface area contributed by atoms with Gasteiger partial charge in [-0.3, -0.25) is 0 Å². The maximum Gasteiger partial charge on any atom is 0.330 e. The predicted octanol–water partition coefficient (Wildman–Crippen LogP) is 5.92. The van der Waals surface area contributed by atoms with E-state index in [0.717, 1.165) is 44.1 Å². The Labute approximate surface area is 136 Å². The van der Waals surface area contributed by atoms with Gasteiger partial charge < -0.3 is 4.74 Å². The van der Waals surface area contributed by atoms with Gasteiger partial charge in [-0.05, 0) is 66.2 Å². The summed E-state index contributed by atoms with van der Waals surface area (Å²) in [5.74, 6) is -0.231. The number of hydrogen-bond acceptors (Lipinski definition) is 2. The van der Waals surface area contributed by atoms with Gasteiger partial charge in [0.05, 0.1) is 6.61 Å². The van der Waals surface area contributed by atoms with Crippen LogP contribution in [0.15, 0.2) is 47.6 Å². The molecule has 0 amide bonds. The zero-order chi connectivity index (χ0) is 16.8. The SMILES string of the molecule is C=CCC/C(=C\C(=O)OCC)CC/C=C(\C)CCC=C(C)C. The van der Waals surface area contributed by atoms with Crippen LogP contribution in [0.1, 0.15) is 66.2 Å². The Balaban J connectivity index is 4.39. The standard InChI is InChI=1S/C20H32O2/c1-6-8-14-19(16-20(21)22-7-2)15-10-13-18(5)12-9-11-17(3)4/h6,11,13,16H,1,7-10,12,14-15H2,2-5H3/b18-13+,19-16+. The minimum Gasteiger partial charge on any atom is -0.463 e. The van der Waals surface area contributed by atoms with Gasteiger partial charge in [-0.15, -0.1) is 6.58 Å². The fraction of sp³-hybridized carbons (Fsp3) is 0.550. The molecule has 0 saturated heterocycles. The van der Waals surface area contributed by atoms with Crippen LogP contribution in [0.25, 0.3) is 0 Å². The third-order valence-corrected chi connectivity index (χ3v) is 3.33. The second kappa shape index (κ2) is 13.1. The van der Waals surface area contributed by atoms with Gasteiger partial charge in [-0.1, -0.05) is 34.9 Å². The van der Waals surface area contributed by atoms with E-state index in [1.807, 2.05) is 13.0 Å². The molecular weight excluding hydrogens is 272 g/mol. The molecule has 0 unspecified atom stereocenters. The van der Waals surface area contributed by atoms with Crippen LogP contribution < -0.4 is 0 Å². The summed E-state index contributed by atoms with van der Waals surface area (Å²) in [6.45, 7) is 12.4. The number of rotatable bonds is 11. The van der Waals surface area contributed by atoms with Gasteiger partial charge in [0.1, 0.15) is 0 Å². The van der Waals surface area contributed by atoms with Crippen LogP contribution in [0, 0.1) is 0 Å². The van der Waals surface area contributed by atoms with Gasteiger partial charge >= 0.3 is 5.97 Å². The Hall–Kier alpha value is -1.57.